The van der Waals surface area contributed by atoms with E-state index in [0.717, 1.165) is 16.1 Å². The Labute approximate surface area is 160 Å². The van der Waals surface area contributed by atoms with Crippen LogP contribution in [0.5, 0.6) is 5.75 Å². The molecule has 5 nitrogen and oxygen atoms in total. The van der Waals surface area contributed by atoms with Gasteiger partial charge in [-0.3, -0.25) is 0 Å². The summed E-state index contributed by atoms with van der Waals surface area (Å²) in [6.07, 6.45) is -0.578. The molecular formula is C22H27NO4. The molecule has 0 amide bonds. The van der Waals surface area contributed by atoms with E-state index in [2.05, 4.69) is 20.8 Å². The van der Waals surface area contributed by atoms with Gasteiger partial charge in [0.05, 0.1) is 7.11 Å². The maximum absolute atomic E-state index is 13.2. The molecule has 1 fully saturated rings. The van der Waals surface area contributed by atoms with Crippen LogP contribution in [0, 0.1) is 5.21 Å². The highest BCUT2D eigenvalue weighted by Crippen LogP contribution is 2.37. The summed E-state index contributed by atoms with van der Waals surface area (Å²) in [5.41, 5.74) is 2.27. The molecule has 1 heterocycles. The van der Waals surface area contributed by atoms with Crippen molar-refractivity contribution >= 4 is 11.4 Å². The molecule has 144 valence electrons. The van der Waals surface area contributed by atoms with Gasteiger partial charge in [-0.15, -0.1) is 0 Å². The van der Waals surface area contributed by atoms with Crippen molar-refractivity contribution in [3.8, 4) is 5.75 Å². The molecule has 1 atom stereocenters. The Kier molecular flexibility index (Phi) is 5.02. The molecule has 2 aromatic rings. The van der Waals surface area contributed by atoms with Gasteiger partial charge in [-0.25, -0.2) is 9.78 Å². The Morgan fingerprint density at radius 2 is 1.59 bits per heavy atom. The van der Waals surface area contributed by atoms with Crippen LogP contribution >= 0.6 is 0 Å². The second kappa shape index (κ2) is 6.98. The number of ether oxygens (including phenoxy) is 1. The first-order chi connectivity index (χ1) is 12.6. The molecule has 0 aliphatic carbocycles. The molecule has 3 rings (SSSR count). The summed E-state index contributed by atoms with van der Waals surface area (Å²) < 4.78 is 6.13. The fraction of sp³-hybridized carbons (Fsp3) is 0.409. The van der Waals surface area contributed by atoms with E-state index < -0.39 is 11.7 Å². The van der Waals surface area contributed by atoms with Crippen LogP contribution in [-0.2, 0) is 15.2 Å². The first-order valence-corrected chi connectivity index (χ1v) is 9.07. The van der Waals surface area contributed by atoms with Crippen molar-refractivity contribution < 1.29 is 19.3 Å². The van der Waals surface area contributed by atoms with E-state index in [9.17, 15) is 5.21 Å². The maximum atomic E-state index is 13.2. The molecule has 0 radical (unpaired) electrons. The van der Waals surface area contributed by atoms with Crippen molar-refractivity contribution in [1.29, 1.82) is 0 Å². The second-order valence-electron chi connectivity index (χ2n) is 8.32. The lowest BCUT2D eigenvalue weighted by molar-refractivity contribution is -0.367. The molecule has 0 bridgehead atoms. The lowest BCUT2D eigenvalue weighted by atomic mass is 9.87. The molecule has 5 heteroatoms. The lowest BCUT2D eigenvalue weighted by Crippen LogP contribution is -2.35. The van der Waals surface area contributed by atoms with Crippen LogP contribution in [0.1, 0.15) is 51.8 Å². The third-order valence-electron chi connectivity index (χ3n) is 4.82. The molecule has 1 aliphatic rings. The van der Waals surface area contributed by atoms with Gasteiger partial charge in [0.25, 0.3) is 0 Å². The van der Waals surface area contributed by atoms with Crippen molar-refractivity contribution in [1.82, 2.24) is 0 Å². The molecule has 1 unspecified atom stereocenters. The Bertz CT molecular complexity index is 830. The Morgan fingerprint density at radius 1 is 1.00 bits per heavy atom. The highest BCUT2D eigenvalue weighted by Gasteiger charge is 2.49. The molecule has 1 aliphatic heterocycles. The summed E-state index contributed by atoms with van der Waals surface area (Å²) in [7, 11) is 1.62. The molecular weight excluding hydrogens is 342 g/mol. The van der Waals surface area contributed by atoms with Gasteiger partial charge in [-0.2, -0.15) is 4.74 Å². The Hall–Kier alpha value is -2.37. The Balaban J connectivity index is 2.02. The Morgan fingerprint density at radius 3 is 2.11 bits per heavy atom. The normalized spacial score (nSPS) is 21.2. The zero-order valence-corrected chi connectivity index (χ0v) is 16.8. The zero-order valence-electron chi connectivity index (χ0n) is 16.8. The zero-order chi connectivity index (χ0) is 19.8. The second-order valence-corrected chi connectivity index (χ2v) is 8.32. The van der Waals surface area contributed by atoms with E-state index >= 15 is 0 Å². The average Bonchev–Trinajstić information content (AvgIpc) is 2.95. The SMILES string of the molecule is COc1ccc(C2OOC(C)(C)/C2=[N+](/[O-])c2ccc(C(C)(C)C)cc2)cc1. The van der Waals surface area contributed by atoms with Crippen LogP contribution in [0.2, 0.25) is 0 Å². The lowest BCUT2D eigenvalue weighted by Gasteiger charge is -2.20. The molecule has 0 spiro atoms. The summed E-state index contributed by atoms with van der Waals surface area (Å²) in [6, 6.07) is 15.1. The number of methoxy groups -OCH3 is 1. The van der Waals surface area contributed by atoms with Gasteiger partial charge in [-0.1, -0.05) is 45.0 Å². The topological polar surface area (TPSA) is 53.8 Å². The van der Waals surface area contributed by atoms with Crippen LogP contribution in [0.25, 0.3) is 0 Å². The minimum absolute atomic E-state index is 0.0316. The maximum Gasteiger partial charge on any atom is 0.241 e. The summed E-state index contributed by atoms with van der Waals surface area (Å²) in [4.78, 5) is 11.0. The van der Waals surface area contributed by atoms with Crippen molar-refractivity contribution in [2.24, 2.45) is 0 Å². The van der Waals surface area contributed by atoms with Gasteiger partial charge in [-0.05, 0) is 42.5 Å². The third-order valence-corrected chi connectivity index (χ3v) is 4.82. The molecule has 27 heavy (non-hydrogen) atoms. The van der Waals surface area contributed by atoms with E-state index in [1.54, 1.807) is 7.11 Å². The predicted octanol–water partition coefficient (Wildman–Crippen LogP) is 5.06. The first-order valence-electron chi connectivity index (χ1n) is 9.07. The monoisotopic (exact) mass is 369 g/mol. The highest BCUT2D eigenvalue weighted by molar-refractivity contribution is 5.94. The van der Waals surface area contributed by atoms with Crippen LogP contribution < -0.4 is 4.74 Å². The van der Waals surface area contributed by atoms with Gasteiger partial charge in [0.2, 0.25) is 17.5 Å². The quantitative estimate of drug-likeness (QED) is 0.328. The summed E-state index contributed by atoms with van der Waals surface area (Å²) >= 11 is 0. The number of hydrogen-bond donors (Lipinski definition) is 0. The van der Waals surface area contributed by atoms with Crippen LogP contribution in [-0.4, -0.2) is 23.2 Å². The molecule has 0 aromatic heterocycles. The van der Waals surface area contributed by atoms with Crippen LogP contribution in [0.15, 0.2) is 48.5 Å². The first kappa shape index (κ1) is 19.4. The minimum Gasteiger partial charge on any atom is -0.618 e. The van der Waals surface area contributed by atoms with E-state index in [4.69, 9.17) is 14.5 Å². The number of rotatable bonds is 3. The minimum atomic E-state index is -0.838. The summed E-state index contributed by atoms with van der Waals surface area (Å²) in [6.45, 7) is 10.1. The van der Waals surface area contributed by atoms with E-state index in [1.165, 1.54) is 5.56 Å². The molecule has 0 saturated carbocycles. The van der Waals surface area contributed by atoms with Gasteiger partial charge in [0.1, 0.15) is 5.75 Å². The number of nitrogens with zero attached hydrogens (tertiary/aromatic N) is 1. The summed E-state index contributed by atoms with van der Waals surface area (Å²) in [5, 5.41) is 13.2. The fourth-order valence-electron chi connectivity index (χ4n) is 3.15. The van der Waals surface area contributed by atoms with Gasteiger partial charge in [0, 0.05) is 12.1 Å². The number of benzene rings is 2. The average molecular weight is 369 g/mol. The van der Waals surface area contributed by atoms with Crippen molar-refractivity contribution in [2.75, 3.05) is 7.11 Å². The molecule has 0 N–H and O–H groups in total. The predicted molar refractivity (Wildman–Crippen MR) is 105 cm³/mol. The third kappa shape index (κ3) is 3.84. The summed E-state index contributed by atoms with van der Waals surface area (Å²) in [5.74, 6) is 0.746. The molecule has 2 aromatic carbocycles. The van der Waals surface area contributed by atoms with E-state index in [-0.39, 0.29) is 5.41 Å². The fourth-order valence-corrected chi connectivity index (χ4v) is 3.15. The van der Waals surface area contributed by atoms with Crippen LogP contribution in [0.3, 0.4) is 0 Å². The van der Waals surface area contributed by atoms with Crippen LogP contribution in [0.4, 0.5) is 5.69 Å². The van der Waals surface area contributed by atoms with Gasteiger partial charge < -0.3 is 9.94 Å². The van der Waals surface area contributed by atoms with Gasteiger partial charge >= 0.3 is 0 Å². The van der Waals surface area contributed by atoms with Crippen molar-refractivity contribution in [3.05, 3.63) is 64.9 Å². The van der Waals surface area contributed by atoms with Gasteiger partial charge in [0.15, 0.2) is 5.60 Å². The molecule has 1 saturated heterocycles. The smallest absolute Gasteiger partial charge is 0.241 e. The number of hydrogen-bond acceptors (Lipinski definition) is 4. The largest absolute Gasteiger partial charge is 0.618 e. The standard InChI is InChI=1S/C22H27NO4/c1-21(2,3)16-9-11-17(12-10-16)23(24)20-19(26-27-22(20,4)5)15-7-13-18(25-6)14-8-15/h7-14,19H,1-6H3/b23-20+. The van der Waals surface area contributed by atoms with E-state index in [0.29, 0.717) is 11.4 Å². The highest BCUT2D eigenvalue weighted by atomic mass is 17.2. The van der Waals surface area contributed by atoms with Crippen molar-refractivity contribution in [2.45, 2.75) is 51.7 Å². The van der Waals surface area contributed by atoms with E-state index in [1.807, 2.05) is 62.4 Å². The van der Waals surface area contributed by atoms with Crippen molar-refractivity contribution in [3.63, 3.8) is 0 Å².